The van der Waals surface area contributed by atoms with Gasteiger partial charge < -0.3 is 17.7 Å². The van der Waals surface area contributed by atoms with Gasteiger partial charge in [-0.2, -0.15) is 0 Å². The molecule has 0 aromatic carbocycles. The molecule has 3 nitrogen and oxygen atoms in total. The summed E-state index contributed by atoms with van der Waals surface area (Å²) in [6, 6.07) is 0.517. The maximum Gasteiger partial charge on any atom is 0.234 e. The van der Waals surface area contributed by atoms with E-state index in [2.05, 4.69) is 10.2 Å². The molecule has 0 aromatic heterocycles. The molecule has 1 N–H and O–H groups in total. The van der Waals surface area contributed by atoms with Crippen molar-refractivity contribution in [3.8, 4) is 0 Å². The molecule has 1 saturated heterocycles. The van der Waals surface area contributed by atoms with Crippen LogP contribution in [0.4, 0.5) is 0 Å². The van der Waals surface area contributed by atoms with E-state index in [9.17, 15) is 4.79 Å². The maximum absolute atomic E-state index is 12.2. The minimum absolute atomic E-state index is 0. The third kappa shape index (κ3) is 2.71. The number of carbonyl (C=O) groups excluding carboxylic acids is 1. The zero-order valence-electron chi connectivity index (χ0n) is 12.2. The van der Waals surface area contributed by atoms with Crippen LogP contribution in [0.2, 0.25) is 0 Å². The van der Waals surface area contributed by atoms with Gasteiger partial charge >= 0.3 is 0 Å². The van der Waals surface area contributed by atoms with E-state index in [-0.39, 0.29) is 12.4 Å². The Labute approximate surface area is 128 Å². The Bertz CT molecular complexity index is 339. The van der Waals surface area contributed by atoms with Gasteiger partial charge in [0.25, 0.3) is 0 Å². The van der Waals surface area contributed by atoms with Crippen LogP contribution in [0.1, 0.15) is 44.9 Å². The lowest BCUT2D eigenvalue weighted by Gasteiger charge is -2.54. The zero-order valence-corrected chi connectivity index (χ0v) is 12.9. The number of amides is 1. The number of carbonyl (C=O) groups is 1. The molecular formula is C16H26ClN2O-. The van der Waals surface area contributed by atoms with Gasteiger partial charge in [-0.05, 0) is 81.7 Å². The van der Waals surface area contributed by atoms with E-state index in [1.807, 2.05) is 0 Å². The molecule has 4 saturated carbocycles. The SMILES string of the molecule is O=C(CN1CCCC1)NC1C2CC3CC(C2)CC1C3.[Cl-]. The average molecular weight is 298 g/mol. The van der Waals surface area contributed by atoms with E-state index in [4.69, 9.17) is 0 Å². The van der Waals surface area contributed by atoms with Crippen molar-refractivity contribution in [2.24, 2.45) is 23.7 Å². The first kappa shape index (κ1) is 14.6. The average Bonchev–Trinajstić information content (AvgIpc) is 2.85. The number of likely N-dealkylation sites (tertiary alicyclic amines) is 1. The van der Waals surface area contributed by atoms with Crippen LogP contribution in [0.25, 0.3) is 0 Å². The van der Waals surface area contributed by atoms with Gasteiger partial charge in [-0.25, -0.2) is 0 Å². The lowest BCUT2D eigenvalue weighted by molar-refractivity contribution is -0.126. The molecule has 1 amide bonds. The number of hydrogen-bond acceptors (Lipinski definition) is 2. The normalized spacial score (nSPS) is 42.5. The largest absolute Gasteiger partial charge is 1.00 e. The second kappa shape index (κ2) is 5.84. The van der Waals surface area contributed by atoms with E-state index in [0.29, 0.717) is 18.5 Å². The van der Waals surface area contributed by atoms with Crippen LogP contribution in [0, 0.1) is 23.7 Å². The van der Waals surface area contributed by atoms with Gasteiger partial charge in [0, 0.05) is 6.04 Å². The molecule has 0 atom stereocenters. The van der Waals surface area contributed by atoms with Crippen molar-refractivity contribution < 1.29 is 17.2 Å². The summed E-state index contributed by atoms with van der Waals surface area (Å²) >= 11 is 0. The molecule has 0 unspecified atom stereocenters. The predicted molar refractivity (Wildman–Crippen MR) is 74.6 cm³/mol. The van der Waals surface area contributed by atoms with Crippen molar-refractivity contribution in [1.29, 1.82) is 0 Å². The second-order valence-corrected chi connectivity index (χ2v) is 7.51. The summed E-state index contributed by atoms with van der Waals surface area (Å²) < 4.78 is 0. The summed E-state index contributed by atoms with van der Waals surface area (Å²) in [6.07, 6.45) is 9.59. The van der Waals surface area contributed by atoms with E-state index in [1.165, 1.54) is 44.9 Å². The van der Waals surface area contributed by atoms with E-state index in [0.717, 1.165) is 36.8 Å². The summed E-state index contributed by atoms with van der Waals surface area (Å²) in [6.45, 7) is 2.88. The maximum atomic E-state index is 12.2. The summed E-state index contributed by atoms with van der Waals surface area (Å²) in [7, 11) is 0. The van der Waals surface area contributed by atoms with E-state index >= 15 is 0 Å². The molecule has 0 aromatic rings. The monoisotopic (exact) mass is 297 g/mol. The van der Waals surface area contributed by atoms with Gasteiger partial charge in [0.15, 0.2) is 0 Å². The fraction of sp³-hybridized carbons (Fsp3) is 0.938. The smallest absolute Gasteiger partial charge is 0.234 e. The Hall–Kier alpha value is -0.280. The molecule has 1 aliphatic heterocycles. The van der Waals surface area contributed by atoms with Crippen molar-refractivity contribution in [1.82, 2.24) is 10.2 Å². The highest BCUT2D eigenvalue weighted by atomic mass is 35.5. The van der Waals surface area contributed by atoms with Crippen molar-refractivity contribution in [3.63, 3.8) is 0 Å². The lowest BCUT2D eigenvalue weighted by Crippen LogP contribution is -3.00. The molecule has 20 heavy (non-hydrogen) atoms. The minimum Gasteiger partial charge on any atom is -1.00 e. The molecule has 0 radical (unpaired) electrons. The summed E-state index contributed by atoms with van der Waals surface area (Å²) in [5.41, 5.74) is 0. The van der Waals surface area contributed by atoms with Gasteiger partial charge in [0.05, 0.1) is 6.54 Å². The molecule has 4 bridgehead atoms. The van der Waals surface area contributed by atoms with E-state index < -0.39 is 0 Å². The molecule has 0 spiro atoms. The molecular weight excluding hydrogens is 272 g/mol. The number of halogens is 1. The highest BCUT2D eigenvalue weighted by molar-refractivity contribution is 5.78. The fourth-order valence-electron chi connectivity index (χ4n) is 5.54. The van der Waals surface area contributed by atoms with Crippen LogP contribution in [0.3, 0.4) is 0 Å². The Kier molecular flexibility index (Phi) is 4.28. The molecule has 114 valence electrons. The first-order valence-corrected chi connectivity index (χ1v) is 8.29. The third-order valence-corrected chi connectivity index (χ3v) is 6.12. The molecule has 4 aliphatic carbocycles. The van der Waals surface area contributed by atoms with Gasteiger partial charge in [0.1, 0.15) is 0 Å². The first-order valence-electron chi connectivity index (χ1n) is 8.29. The van der Waals surface area contributed by atoms with Crippen LogP contribution < -0.4 is 17.7 Å². The molecule has 4 heteroatoms. The minimum atomic E-state index is 0. The summed E-state index contributed by atoms with van der Waals surface area (Å²) in [4.78, 5) is 14.5. The van der Waals surface area contributed by atoms with Crippen LogP contribution in [-0.4, -0.2) is 36.5 Å². The molecule has 1 heterocycles. The number of nitrogens with zero attached hydrogens (tertiary/aromatic N) is 1. The number of nitrogens with one attached hydrogen (secondary N) is 1. The number of rotatable bonds is 3. The lowest BCUT2D eigenvalue weighted by atomic mass is 9.54. The summed E-state index contributed by atoms with van der Waals surface area (Å²) in [5.74, 6) is 3.89. The summed E-state index contributed by atoms with van der Waals surface area (Å²) in [5, 5.41) is 3.41. The Morgan fingerprint density at radius 1 is 0.950 bits per heavy atom. The van der Waals surface area contributed by atoms with Gasteiger partial charge in [-0.15, -0.1) is 0 Å². The van der Waals surface area contributed by atoms with Crippen LogP contribution >= 0.6 is 0 Å². The first-order chi connectivity index (χ1) is 9.28. The Morgan fingerprint density at radius 2 is 1.50 bits per heavy atom. The van der Waals surface area contributed by atoms with Crippen molar-refractivity contribution in [2.75, 3.05) is 19.6 Å². The third-order valence-electron chi connectivity index (χ3n) is 6.12. The quantitative estimate of drug-likeness (QED) is 0.727. The van der Waals surface area contributed by atoms with E-state index in [1.54, 1.807) is 0 Å². The van der Waals surface area contributed by atoms with Crippen molar-refractivity contribution >= 4 is 5.91 Å². The Balaban J connectivity index is 0.00000121. The standard InChI is InChI=1S/C16H26N2O.ClH/c19-15(10-18-3-1-2-4-18)17-16-13-6-11-5-12(8-13)9-14(16)7-11;/h11-14,16H,1-10H2,(H,17,19);1H/p-1. The van der Waals surface area contributed by atoms with Gasteiger partial charge in [0.2, 0.25) is 5.91 Å². The van der Waals surface area contributed by atoms with Crippen LogP contribution in [-0.2, 0) is 4.79 Å². The second-order valence-electron chi connectivity index (χ2n) is 7.51. The van der Waals surface area contributed by atoms with Crippen molar-refractivity contribution in [3.05, 3.63) is 0 Å². The van der Waals surface area contributed by atoms with Gasteiger partial charge in [-0.1, -0.05) is 0 Å². The fourth-order valence-corrected chi connectivity index (χ4v) is 5.54. The number of hydrogen-bond donors (Lipinski definition) is 1. The highest BCUT2D eigenvalue weighted by Gasteiger charge is 2.48. The predicted octanol–water partition coefficient (Wildman–Crippen LogP) is -0.973. The van der Waals surface area contributed by atoms with Crippen LogP contribution in [0.15, 0.2) is 0 Å². The van der Waals surface area contributed by atoms with Gasteiger partial charge in [-0.3, -0.25) is 9.69 Å². The topological polar surface area (TPSA) is 32.3 Å². The Morgan fingerprint density at radius 3 is 2.05 bits per heavy atom. The molecule has 5 fully saturated rings. The molecule has 5 aliphatic rings. The van der Waals surface area contributed by atoms with Crippen LogP contribution in [0.5, 0.6) is 0 Å². The highest BCUT2D eigenvalue weighted by Crippen LogP contribution is 2.53. The zero-order chi connectivity index (χ0) is 12.8. The molecule has 5 rings (SSSR count). The van der Waals surface area contributed by atoms with Crippen molar-refractivity contribution in [2.45, 2.75) is 51.0 Å².